The summed E-state index contributed by atoms with van der Waals surface area (Å²) in [5.74, 6) is -0.904. The Balaban J connectivity index is 1.42. The van der Waals surface area contributed by atoms with E-state index < -0.39 is 28.8 Å². The number of non-ortho nitro benzene ring substituents is 1. The highest BCUT2D eigenvalue weighted by molar-refractivity contribution is 6.02. The molecule has 14 nitrogen and oxygen atoms in total. The molecule has 316 valence electrons. The van der Waals surface area contributed by atoms with Crippen LogP contribution < -0.4 is 9.47 Å². The topological polar surface area (TPSA) is 172 Å². The third kappa shape index (κ3) is 9.96. The molecule has 1 saturated carbocycles. The average molecular weight is 814 g/mol. The fourth-order valence-electron chi connectivity index (χ4n) is 8.88. The van der Waals surface area contributed by atoms with Gasteiger partial charge in [0.1, 0.15) is 37.0 Å². The number of rotatable bonds is 21. The summed E-state index contributed by atoms with van der Waals surface area (Å²) in [4.78, 5) is 32.1. The third-order valence-electron chi connectivity index (χ3n) is 11.4. The highest BCUT2D eigenvalue weighted by Crippen LogP contribution is 2.62. The number of carbonyl (C=O) groups excluding carboxylic acids is 1. The zero-order valence-corrected chi connectivity index (χ0v) is 33.8. The molecule has 3 aromatic carbocycles. The molecule has 6 atom stereocenters. The summed E-state index contributed by atoms with van der Waals surface area (Å²) in [6.07, 6.45) is 7.90. The van der Waals surface area contributed by atoms with Gasteiger partial charge in [-0.25, -0.2) is 4.79 Å². The molecular formula is C45H55N3O11. The molecular weight excluding hydrogens is 759 g/mol. The van der Waals surface area contributed by atoms with Crippen molar-refractivity contribution < 1.29 is 48.5 Å². The highest BCUT2D eigenvalue weighted by Gasteiger charge is 2.65. The van der Waals surface area contributed by atoms with Gasteiger partial charge in [-0.3, -0.25) is 10.1 Å². The Morgan fingerprint density at radius 3 is 2.51 bits per heavy atom. The van der Waals surface area contributed by atoms with E-state index in [1.807, 2.05) is 42.5 Å². The summed E-state index contributed by atoms with van der Waals surface area (Å²) in [5, 5.41) is 35.8. The second-order valence-corrected chi connectivity index (χ2v) is 15.1. The Morgan fingerprint density at radius 1 is 1.02 bits per heavy atom. The number of hydrogen-bond acceptors (Lipinski definition) is 12. The quantitative estimate of drug-likeness (QED) is 0.0463. The third-order valence-corrected chi connectivity index (χ3v) is 11.4. The number of oxime groups is 1. The lowest BCUT2D eigenvalue weighted by atomic mass is 9.55. The first-order chi connectivity index (χ1) is 28.7. The van der Waals surface area contributed by atoms with Crippen molar-refractivity contribution >= 4 is 17.5 Å². The Hall–Kier alpha value is -5.28. The largest absolute Gasteiger partial charge is 0.459 e. The summed E-state index contributed by atoms with van der Waals surface area (Å²) in [5.41, 5.74) is 3.30. The molecule has 1 heterocycles. The SMILES string of the molecule is C=CCOC12Oc3ccc(Oc4cccc([N+](=O)[O-])c4)cc3C3C(CCCCO)C(CCCCO)C=C(C(=NOC)CC1N(C)C(=O)OCCOCc1ccccc1)C32. The Kier molecular flexibility index (Phi) is 15.1. The van der Waals surface area contributed by atoms with Gasteiger partial charge in [-0.2, -0.15) is 0 Å². The predicted octanol–water partition coefficient (Wildman–Crippen LogP) is 7.94. The Labute approximate surface area is 345 Å². The van der Waals surface area contributed by atoms with Crippen molar-refractivity contribution in [2.45, 2.75) is 69.3 Å². The summed E-state index contributed by atoms with van der Waals surface area (Å²) in [6, 6.07) is 20.5. The summed E-state index contributed by atoms with van der Waals surface area (Å²) in [7, 11) is 3.16. The average Bonchev–Trinajstić information content (AvgIpc) is 3.24. The second-order valence-electron chi connectivity index (χ2n) is 15.1. The smallest absolute Gasteiger partial charge is 0.410 e. The zero-order valence-electron chi connectivity index (χ0n) is 33.8. The molecule has 2 N–H and O–H groups in total. The highest BCUT2D eigenvalue weighted by atomic mass is 16.7. The number of carbonyl (C=O) groups is 1. The zero-order chi connectivity index (χ0) is 41.8. The molecule has 0 spiro atoms. The van der Waals surface area contributed by atoms with E-state index in [1.54, 1.807) is 31.3 Å². The van der Waals surface area contributed by atoms with Crippen LogP contribution in [0.5, 0.6) is 17.2 Å². The van der Waals surface area contributed by atoms with E-state index in [0.717, 1.165) is 42.4 Å². The first-order valence-corrected chi connectivity index (χ1v) is 20.3. The van der Waals surface area contributed by atoms with Crippen LogP contribution in [0, 0.1) is 27.9 Å². The number of fused-ring (bicyclic) bond motifs is 2. The number of hydrogen-bond donors (Lipinski definition) is 2. The molecule has 6 rings (SSSR count). The maximum absolute atomic E-state index is 14.0. The fourth-order valence-corrected chi connectivity index (χ4v) is 8.88. The first kappa shape index (κ1) is 43.3. The number of nitrogens with zero attached hydrogens (tertiary/aromatic N) is 3. The van der Waals surface area contributed by atoms with Crippen LogP contribution in [-0.2, 0) is 25.7 Å². The fraction of sp³-hybridized carbons (Fsp3) is 0.467. The van der Waals surface area contributed by atoms with Gasteiger partial charge < -0.3 is 43.6 Å². The van der Waals surface area contributed by atoms with Crippen LogP contribution in [0.4, 0.5) is 10.5 Å². The molecule has 0 aromatic heterocycles. The molecule has 3 aliphatic rings. The molecule has 0 radical (unpaired) electrons. The molecule has 6 unspecified atom stereocenters. The van der Waals surface area contributed by atoms with Crippen LogP contribution in [0.1, 0.15) is 62.0 Å². The van der Waals surface area contributed by atoms with Crippen LogP contribution in [0.25, 0.3) is 0 Å². The minimum absolute atomic E-state index is 0.00187. The predicted molar refractivity (Wildman–Crippen MR) is 220 cm³/mol. The second kappa shape index (κ2) is 20.6. The van der Waals surface area contributed by atoms with Gasteiger partial charge in [0, 0.05) is 44.2 Å². The monoisotopic (exact) mass is 813 g/mol. The minimum Gasteiger partial charge on any atom is -0.459 e. The van der Waals surface area contributed by atoms with E-state index in [-0.39, 0.29) is 62.9 Å². The van der Waals surface area contributed by atoms with Gasteiger partial charge in [0.25, 0.3) is 5.69 Å². The molecule has 1 fully saturated rings. The molecule has 1 aliphatic heterocycles. The molecule has 0 bridgehead atoms. The van der Waals surface area contributed by atoms with Crippen molar-refractivity contribution in [2.75, 3.05) is 47.2 Å². The molecule has 2 aliphatic carbocycles. The maximum Gasteiger partial charge on any atom is 0.410 e. The van der Waals surface area contributed by atoms with Crippen LogP contribution in [0.3, 0.4) is 0 Å². The van der Waals surface area contributed by atoms with E-state index in [0.29, 0.717) is 42.4 Å². The van der Waals surface area contributed by atoms with Gasteiger partial charge in [0.05, 0.1) is 42.4 Å². The van der Waals surface area contributed by atoms with Gasteiger partial charge in [0.2, 0.25) is 5.79 Å². The number of likely N-dealkylation sites (N-methyl/N-ethyl adjacent to an activating group) is 1. The van der Waals surface area contributed by atoms with Gasteiger partial charge in [-0.05, 0) is 72.9 Å². The number of amides is 1. The lowest BCUT2D eigenvalue weighted by Crippen LogP contribution is -2.69. The minimum atomic E-state index is -1.45. The van der Waals surface area contributed by atoms with Gasteiger partial charge in [0.15, 0.2) is 0 Å². The van der Waals surface area contributed by atoms with Crippen LogP contribution in [0.15, 0.2) is 102 Å². The van der Waals surface area contributed by atoms with Crippen molar-refractivity contribution in [3.8, 4) is 17.2 Å². The number of nitro benzene ring substituents is 1. The molecule has 1 amide bonds. The number of nitro groups is 1. The summed E-state index contributed by atoms with van der Waals surface area (Å²) < 4.78 is 31.8. The van der Waals surface area contributed by atoms with E-state index in [1.165, 1.54) is 24.1 Å². The van der Waals surface area contributed by atoms with E-state index in [2.05, 4.69) is 17.8 Å². The molecule has 14 heteroatoms. The number of aliphatic hydroxyl groups excluding tert-OH is 2. The number of ether oxygens (including phenoxy) is 5. The number of aliphatic hydroxyl groups is 2. The van der Waals surface area contributed by atoms with E-state index >= 15 is 0 Å². The molecule has 59 heavy (non-hydrogen) atoms. The van der Waals surface area contributed by atoms with Crippen LogP contribution in [0.2, 0.25) is 0 Å². The first-order valence-electron chi connectivity index (χ1n) is 20.3. The number of benzene rings is 3. The Morgan fingerprint density at radius 2 is 1.78 bits per heavy atom. The van der Waals surface area contributed by atoms with Crippen LogP contribution >= 0.6 is 0 Å². The number of unbranched alkanes of at least 4 members (excludes halogenated alkanes) is 2. The summed E-state index contributed by atoms with van der Waals surface area (Å²) in [6.45, 7) is 4.81. The van der Waals surface area contributed by atoms with Gasteiger partial charge in [-0.15, -0.1) is 6.58 Å². The van der Waals surface area contributed by atoms with Crippen molar-refractivity contribution in [3.63, 3.8) is 0 Å². The van der Waals surface area contributed by atoms with Crippen LogP contribution in [-0.4, -0.2) is 90.9 Å². The summed E-state index contributed by atoms with van der Waals surface area (Å²) >= 11 is 0. The lowest BCUT2D eigenvalue weighted by molar-refractivity contribution is -0.384. The van der Waals surface area contributed by atoms with E-state index in [4.69, 9.17) is 28.5 Å². The standard InChI is InChI=1S/C45H55N3O11/c1-4-23-57-45-41(47(2)44(51)56-25-24-55-30-31-13-6-5-7-14-31)29-39(46-54-3)37-26-32(15-8-10-21-49)36(18-9-11-22-50)42(43(37)45)38-28-35(19-20-40(38)59-45)58-34-17-12-16-33(27-34)48(52)53/h4-7,12-14,16-17,19-20,26-28,32,36,41-43,49-50H,1,8-11,15,18,21-25,29-30H2,2-3H3. The molecule has 0 saturated heterocycles. The molecule has 3 aromatic rings. The van der Waals surface area contributed by atoms with Gasteiger partial charge >= 0.3 is 6.09 Å². The van der Waals surface area contributed by atoms with Crippen molar-refractivity contribution in [2.24, 2.45) is 22.9 Å². The maximum atomic E-state index is 14.0. The number of allylic oxidation sites excluding steroid dienone is 1. The lowest BCUT2D eigenvalue weighted by Gasteiger charge is -2.59. The van der Waals surface area contributed by atoms with Gasteiger partial charge in [-0.1, -0.05) is 66.5 Å². The Bertz CT molecular complexity index is 1960. The normalized spacial score (nSPS) is 23.6. The van der Waals surface area contributed by atoms with E-state index in [9.17, 15) is 25.1 Å². The van der Waals surface area contributed by atoms with Crippen molar-refractivity contribution in [1.82, 2.24) is 4.90 Å². The van der Waals surface area contributed by atoms with Crippen molar-refractivity contribution in [3.05, 3.63) is 118 Å². The van der Waals surface area contributed by atoms with Crippen molar-refractivity contribution in [1.29, 1.82) is 0 Å².